The van der Waals surface area contributed by atoms with Crippen molar-refractivity contribution in [1.29, 1.82) is 0 Å². The van der Waals surface area contributed by atoms with Crippen LogP contribution in [-0.2, 0) is 14.3 Å². The third-order valence-corrected chi connectivity index (χ3v) is 3.55. The molecular weight excluding hydrogens is 200 g/mol. The zero-order valence-corrected chi connectivity index (χ0v) is 9.65. The summed E-state index contributed by atoms with van der Waals surface area (Å²) in [5.41, 5.74) is 0.401. The molecule has 0 aromatic carbocycles. The van der Waals surface area contributed by atoms with E-state index in [1.54, 1.807) is 25.6 Å². The van der Waals surface area contributed by atoms with Gasteiger partial charge in [0.15, 0.2) is 0 Å². The van der Waals surface area contributed by atoms with E-state index in [1.165, 1.54) is 0 Å². The van der Waals surface area contributed by atoms with E-state index in [4.69, 9.17) is 9.47 Å². The summed E-state index contributed by atoms with van der Waals surface area (Å²) in [6, 6.07) is 0. The quantitative estimate of drug-likeness (QED) is 0.522. The fourth-order valence-corrected chi connectivity index (χ4v) is 2.07. The minimum Gasteiger partial charge on any atom is -0.429 e. The van der Waals surface area contributed by atoms with Gasteiger partial charge in [-0.25, -0.2) is 4.79 Å². The number of hydrogen-bond donors (Lipinski definition) is 0. The van der Waals surface area contributed by atoms with Crippen LogP contribution in [0.5, 0.6) is 0 Å². The van der Waals surface area contributed by atoms with Gasteiger partial charge in [0.1, 0.15) is 0 Å². The molecule has 1 rings (SSSR count). The minimum absolute atomic E-state index is 0.152. The smallest absolute Gasteiger partial charge is 0.335 e. The molecule has 4 heteroatoms. The van der Waals surface area contributed by atoms with Crippen LogP contribution < -0.4 is 0 Å². The van der Waals surface area contributed by atoms with Crippen LogP contribution in [0.4, 0.5) is 0 Å². The second-order valence-corrected chi connectivity index (χ2v) is 5.00. The van der Waals surface area contributed by atoms with Gasteiger partial charge in [0.2, 0.25) is 5.79 Å². The molecule has 0 saturated carbocycles. The van der Waals surface area contributed by atoms with Gasteiger partial charge in [0.25, 0.3) is 0 Å². The Hall–Kier alpha value is -0.480. The molecule has 0 aromatic heterocycles. The maximum absolute atomic E-state index is 11.4. The first kappa shape index (κ1) is 11.6. The topological polar surface area (TPSA) is 35.5 Å². The van der Waals surface area contributed by atoms with Gasteiger partial charge in [-0.05, 0) is 13.8 Å². The van der Waals surface area contributed by atoms with Gasteiger partial charge in [-0.1, -0.05) is 6.58 Å². The van der Waals surface area contributed by atoms with E-state index in [0.717, 1.165) is 5.75 Å². The highest BCUT2D eigenvalue weighted by Gasteiger charge is 2.39. The maximum atomic E-state index is 11.4. The number of hydrogen-bond acceptors (Lipinski definition) is 4. The number of thioether (sulfide) groups is 1. The van der Waals surface area contributed by atoms with Crippen molar-refractivity contribution >= 4 is 17.7 Å². The van der Waals surface area contributed by atoms with Crippen molar-refractivity contribution in [1.82, 2.24) is 0 Å². The maximum Gasteiger partial charge on any atom is 0.335 e. The lowest BCUT2D eigenvalue weighted by atomic mass is 10.2. The van der Waals surface area contributed by atoms with E-state index in [2.05, 4.69) is 6.58 Å². The Bertz CT molecular complexity index is 252. The Morgan fingerprint density at radius 1 is 1.71 bits per heavy atom. The molecule has 0 amide bonds. The molecule has 1 aliphatic rings. The Morgan fingerprint density at radius 2 is 2.36 bits per heavy atom. The van der Waals surface area contributed by atoms with E-state index in [-0.39, 0.29) is 11.2 Å². The van der Waals surface area contributed by atoms with Crippen LogP contribution >= 0.6 is 11.8 Å². The van der Waals surface area contributed by atoms with E-state index in [0.29, 0.717) is 12.2 Å². The number of carbonyl (C=O) groups is 1. The number of ether oxygens (including phenoxy) is 2. The average Bonchev–Trinajstić information content (AvgIpc) is 2.10. The summed E-state index contributed by atoms with van der Waals surface area (Å²) in [6.45, 7) is 9.58. The summed E-state index contributed by atoms with van der Waals surface area (Å²) in [7, 11) is 0. The summed E-state index contributed by atoms with van der Waals surface area (Å²) in [5.74, 6) is -0.248. The monoisotopic (exact) mass is 216 g/mol. The molecule has 0 bridgehead atoms. The van der Waals surface area contributed by atoms with Crippen LogP contribution in [-0.4, -0.2) is 29.4 Å². The summed E-state index contributed by atoms with van der Waals surface area (Å²) in [5, 5.41) is 0.152. The predicted molar refractivity (Wildman–Crippen MR) is 57.2 cm³/mol. The molecule has 14 heavy (non-hydrogen) atoms. The van der Waals surface area contributed by atoms with Crippen LogP contribution in [0.2, 0.25) is 0 Å². The lowest BCUT2D eigenvalue weighted by Crippen LogP contribution is -2.46. The van der Waals surface area contributed by atoms with Gasteiger partial charge in [0.05, 0.1) is 11.9 Å². The third kappa shape index (κ3) is 2.51. The van der Waals surface area contributed by atoms with Crippen molar-refractivity contribution in [2.24, 2.45) is 0 Å². The Kier molecular flexibility index (Phi) is 3.61. The second-order valence-electron chi connectivity index (χ2n) is 3.55. The van der Waals surface area contributed by atoms with Crippen LogP contribution in [0.15, 0.2) is 12.2 Å². The standard InChI is InChI=1S/C10H16O3S/c1-7(2)9(11)13-10(4)8(3)14-6-5-12-10/h8H,1,5-6H2,2-4H3. The molecule has 2 unspecified atom stereocenters. The van der Waals surface area contributed by atoms with E-state index < -0.39 is 5.79 Å². The Labute approximate surface area is 88.8 Å². The predicted octanol–water partition coefficient (Wildman–Crippen LogP) is 1.97. The zero-order chi connectivity index (χ0) is 10.8. The molecule has 1 saturated heterocycles. The molecule has 3 nitrogen and oxygen atoms in total. The first-order valence-corrected chi connectivity index (χ1v) is 5.65. The van der Waals surface area contributed by atoms with Crippen LogP contribution in [0.3, 0.4) is 0 Å². The second kappa shape index (κ2) is 4.36. The summed E-state index contributed by atoms with van der Waals surface area (Å²) in [6.07, 6.45) is 0. The van der Waals surface area contributed by atoms with E-state index in [1.807, 2.05) is 6.92 Å². The van der Waals surface area contributed by atoms with Crippen molar-refractivity contribution < 1.29 is 14.3 Å². The van der Waals surface area contributed by atoms with Gasteiger partial charge in [-0.15, -0.1) is 11.8 Å². The molecule has 0 radical (unpaired) electrons. The molecule has 0 spiro atoms. The van der Waals surface area contributed by atoms with E-state index >= 15 is 0 Å². The normalized spacial score (nSPS) is 32.4. The molecule has 1 fully saturated rings. The minimum atomic E-state index is -0.807. The van der Waals surface area contributed by atoms with Crippen molar-refractivity contribution in [2.45, 2.75) is 31.8 Å². The highest BCUT2D eigenvalue weighted by Crippen LogP contribution is 2.32. The summed E-state index contributed by atoms with van der Waals surface area (Å²) >= 11 is 1.75. The van der Waals surface area contributed by atoms with Crippen LogP contribution in [0, 0.1) is 0 Å². The molecule has 2 atom stereocenters. The highest BCUT2D eigenvalue weighted by molar-refractivity contribution is 8.00. The fourth-order valence-electron chi connectivity index (χ4n) is 1.12. The zero-order valence-electron chi connectivity index (χ0n) is 8.83. The molecule has 80 valence electrons. The van der Waals surface area contributed by atoms with Gasteiger partial charge in [-0.2, -0.15) is 0 Å². The SMILES string of the molecule is C=C(C)C(=O)OC1(C)OCCSC1C. The summed E-state index contributed by atoms with van der Waals surface area (Å²) < 4.78 is 10.8. The third-order valence-electron chi connectivity index (χ3n) is 2.22. The Morgan fingerprint density at radius 3 is 2.86 bits per heavy atom. The first-order valence-electron chi connectivity index (χ1n) is 4.60. The molecular formula is C10H16O3S. The molecule has 1 heterocycles. The molecule has 0 aromatic rings. The average molecular weight is 216 g/mol. The van der Waals surface area contributed by atoms with Crippen LogP contribution in [0.1, 0.15) is 20.8 Å². The van der Waals surface area contributed by atoms with Gasteiger partial charge < -0.3 is 9.47 Å². The van der Waals surface area contributed by atoms with Crippen molar-refractivity contribution in [3.63, 3.8) is 0 Å². The Balaban J connectivity index is 2.64. The summed E-state index contributed by atoms with van der Waals surface area (Å²) in [4.78, 5) is 11.4. The van der Waals surface area contributed by atoms with Crippen molar-refractivity contribution in [2.75, 3.05) is 12.4 Å². The van der Waals surface area contributed by atoms with E-state index in [9.17, 15) is 4.79 Å². The molecule has 1 aliphatic heterocycles. The number of rotatable bonds is 2. The van der Waals surface area contributed by atoms with Crippen molar-refractivity contribution in [3.8, 4) is 0 Å². The lowest BCUT2D eigenvalue weighted by molar-refractivity contribution is -0.219. The van der Waals surface area contributed by atoms with Gasteiger partial charge in [-0.3, -0.25) is 0 Å². The van der Waals surface area contributed by atoms with Gasteiger partial charge >= 0.3 is 5.97 Å². The van der Waals surface area contributed by atoms with Crippen LogP contribution in [0.25, 0.3) is 0 Å². The lowest BCUT2D eigenvalue weighted by Gasteiger charge is -2.38. The highest BCUT2D eigenvalue weighted by atomic mass is 32.2. The molecule has 0 aliphatic carbocycles. The van der Waals surface area contributed by atoms with Gasteiger partial charge in [0, 0.05) is 18.2 Å². The number of esters is 1. The number of carbonyl (C=O) groups excluding carboxylic acids is 1. The molecule has 0 N–H and O–H groups in total. The largest absolute Gasteiger partial charge is 0.429 e. The van der Waals surface area contributed by atoms with Crippen molar-refractivity contribution in [3.05, 3.63) is 12.2 Å². The fraction of sp³-hybridized carbons (Fsp3) is 0.700. The first-order chi connectivity index (χ1) is 6.46.